The molecule has 2 N–H and O–H groups in total. The Bertz CT molecular complexity index is 721. The van der Waals surface area contributed by atoms with Crippen LogP contribution in [0.5, 0.6) is 0 Å². The van der Waals surface area contributed by atoms with Crippen molar-refractivity contribution in [2.45, 2.75) is 13.5 Å². The predicted molar refractivity (Wildman–Crippen MR) is 97.4 cm³/mol. The number of halogens is 2. The van der Waals surface area contributed by atoms with E-state index in [1.165, 1.54) is 0 Å². The monoisotopic (exact) mass is 365 g/mol. The molecule has 0 atom stereocenters. The highest BCUT2D eigenvalue weighted by molar-refractivity contribution is 6.37. The Morgan fingerprint density at radius 1 is 1.17 bits per heavy atom. The summed E-state index contributed by atoms with van der Waals surface area (Å²) in [6, 6.07) is 14.6. The number of hydrazone groups is 1. The Labute approximate surface area is 150 Å². The number of ether oxygens (including phenoxy) is 1. The second-order valence-corrected chi connectivity index (χ2v) is 5.60. The molecule has 5 nitrogen and oxygen atoms in total. The van der Waals surface area contributed by atoms with Crippen LogP contribution in [0.3, 0.4) is 0 Å². The fourth-order valence-corrected chi connectivity index (χ4v) is 2.29. The Morgan fingerprint density at radius 3 is 2.58 bits per heavy atom. The van der Waals surface area contributed by atoms with Gasteiger partial charge in [-0.2, -0.15) is 0 Å². The molecule has 0 radical (unpaired) electrons. The summed E-state index contributed by atoms with van der Waals surface area (Å²) >= 11 is 11.9. The lowest BCUT2D eigenvalue weighted by atomic mass is 10.2. The highest BCUT2D eigenvalue weighted by Gasteiger charge is 2.13. The first-order valence-electron chi connectivity index (χ1n) is 7.34. The van der Waals surface area contributed by atoms with Crippen LogP contribution in [0, 0.1) is 0 Å². The van der Waals surface area contributed by atoms with Crippen LogP contribution in [0.4, 0.5) is 5.69 Å². The van der Waals surface area contributed by atoms with Gasteiger partial charge in [0.2, 0.25) is 5.84 Å². The van der Waals surface area contributed by atoms with Crippen LogP contribution in [0.15, 0.2) is 53.6 Å². The number of rotatable bonds is 5. The third kappa shape index (κ3) is 5.44. The Kier molecular flexibility index (Phi) is 6.90. The SMILES string of the molecule is CCOC(=O)/C(=N\Nc1ccc(Cl)cc1Cl)NCc1ccccc1. The number of nitrogens with one attached hydrogen (secondary N) is 2. The minimum atomic E-state index is -0.550. The number of hydrogen-bond acceptors (Lipinski definition) is 4. The minimum Gasteiger partial charge on any atom is -0.460 e. The summed E-state index contributed by atoms with van der Waals surface area (Å²) in [6.07, 6.45) is 0. The second kappa shape index (κ2) is 9.15. The van der Waals surface area contributed by atoms with Crippen LogP contribution in [-0.4, -0.2) is 18.4 Å². The summed E-state index contributed by atoms with van der Waals surface area (Å²) in [7, 11) is 0. The van der Waals surface area contributed by atoms with Gasteiger partial charge in [-0.1, -0.05) is 53.5 Å². The molecule has 0 bridgehead atoms. The van der Waals surface area contributed by atoms with Gasteiger partial charge in [-0.3, -0.25) is 5.43 Å². The molecular formula is C17H17Cl2N3O2. The van der Waals surface area contributed by atoms with Crippen molar-refractivity contribution in [1.82, 2.24) is 5.32 Å². The molecule has 0 aromatic heterocycles. The van der Waals surface area contributed by atoms with Crippen LogP contribution in [0.1, 0.15) is 12.5 Å². The van der Waals surface area contributed by atoms with Crippen LogP contribution in [-0.2, 0) is 16.1 Å². The molecule has 2 aromatic rings. The second-order valence-electron chi connectivity index (χ2n) is 4.76. The van der Waals surface area contributed by atoms with Gasteiger partial charge in [-0.15, -0.1) is 5.10 Å². The maximum Gasteiger partial charge on any atom is 0.375 e. The zero-order valence-electron chi connectivity index (χ0n) is 13.1. The first-order chi connectivity index (χ1) is 11.6. The lowest BCUT2D eigenvalue weighted by molar-refractivity contribution is -0.135. The molecule has 7 heteroatoms. The summed E-state index contributed by atoms with van der Waals surface area (Å²) < 4.78 is 5.00. The van der Waals surface area contributed by atoms with Crippen LogP contribution in [0.25, 0.3) is 0 Å². The summed E-state index contributed by atoms with van der Waals surface area (Å²) in [4.78, 5) is 12.0. The number of esters is 1. The number of carbonyl (C=O) groups excluding carboxylic acids is 1. The summed E-state index contributed by atoms with van der Waals surface area (Å²) in [6.45, 7) is 2.43. The van der Waals surface area contributed by atoms with E-state index in [2.05, 4.69) is 15.8 Å². The number of anilines is 1. The molecule has 0 aliphatic rings. The molecule has 0 amide bonds. The van der Waals surface area contributed by atoms with Crippen molar-refractivity contribution in [3.05, 3.63) is 64.1 Å². The van der Waals surface area contributed by atoms with Crippen molar-refractivity contribution < 1.29 is 9.53 Å². The van der Waals surface area contributed by atoms with E-state index < -0.39 is 5.97 Å². The molecule has 24 heavy (non-hydrogen) atoms. The van der Waals surface area contributed by atoms with Gasteiger partial charge in [0.15, 0.2) is 0 Å². The molecule has 2 aromatic carbocycles. The van der Waals surface area contributed by atoms with Gasteiger partial charge in [0.1, 0.15) is 0 Å². The fraction of sp³-hybridized carbons (Fsp3) is 0.176. The third-order valence-electron chi connectivity index (χ3n) is 2.99. The first-order valence-corrected chi connectivity index (χ1v) is 8.09. The van der Waals surface area contributed by atoms with Crippen LogP contribution >= 0.6 is 23.2 Å². The van der Waals surface area contributed by atoms with E-state index in [0.717, 1.165) is 5.56 Å². The smallest absolute Gasteiger partial charge is 0.375 e. The summed E-state index contributed by atoms with van der Waals surface area (Å²) in [5, 5.41) is 7.95. The van der Waals surface area contributed by atoms with Crippen LogP contribution < -0.4 is 10.7 Å². The normalized spacial score (nSPS) is 11.0. The van der Waals surface area contributed by atoms with E-state index in [-0.39, 0.29) is 12.4 Å². The molecule has 0 heterocycles. The molecule has 126 valence electrons. The maximum absolute atomic E-state index is 12.0. The Hall–Kier alpha value is -2.24. The lowest BCUT2D eigenvalue weighted by Crippen LogP contribution is -2.33. The van der Waals surface area contributed by atoms with Gasteiger partial charge in [0.25, 0.3) is 0 Å². The van der Waals surface area contributed by atoms with Crippen molar-refractivity contribution in [2.75, 3.05) is 12.0 Å². The fourth-order valence-electron chi connectivity index (χ4n) is 1.83. The van der Waals surface area contributed by atoms with Gasteiger partial charge in [0, 0.05) is 11.6 Å². The van der Waals surface area contributed by atoms with Crippen molar-refractivity contribution in [3.8, 4) is 0 Å². The molecule has 0 aliphatic heterocycles. The number of benzene rings is 2. The lowest BCUT2D eigenvalue weighted by Gasteiger charge is -2.10. The number of nitrogens with zero attached hydrogens (tertiary/aromatic N) is 1. The van der Waals surface area contributed by atoms with Gasteiger partial charge in [-0.25, -0.2) is 4.79 Å². The number of carbonyl (C=O) groups is 1. The molecule has 0 spiro atoms. The maximum atomic E-state index is 12.0. The summed E-state index contributed by atoms with van der Waals surface area (Å²) in [5.74, 6) is -0.488. The predicted octanol–water partition coefficient (Wildman–Crippen LogP) is 4.07. The first kappa shape index (κ1) is 18.1. The Morgan fingerprint density at radius 2 is 1.92 bits per heavy atom. The zero-order chi connectivity index (χ0) is 17.4. The molecule has 0 aliphatic carbocycles. The average Bonchev–Trinajstić information content (AvgIpc) is 2.57. The molecule has 0 fully saturated rings. The highest BCUT2D eigenvalue weighted by atomic mass is 35.5. The molecule has 2 rings (SSSR count). The molecule has 0 unspecified atom stereocenters. The van der Waals surface area contributed by atoms with E-state index in [1.807, 2.05) is 30.3 Å². The van der Waals surface area contributed by atoms with Gasteiger partial charge in [0.05, 0.1) is 17.3 Å². The van der Waals surface area contributed by atoms with Crippen molar-refractivity contribution in [3.63, 3.8) is 0 Å². The van der Waals surface area contributed by atoms with Gasteiger partial charge < -0.3 is 10.1 Å². The highest BCUT2D eigenvalue weighted by Crippen LogP contribution is 2.25. The van der Waals surface area contributed by atoms with E-state index in [9.17, 15) is 4.79 Å². The van der Waals surface area contributed by atoms with E-state index in [0.29, 0.717) is 22.3 Å². The molecular weight excluding hydrogens is 349 g/mol. The van der Waals surface area contributed by atoms with E-state index in [4.69, 9.17) is 27.9 Å². The van der Waals surface area contributed by atoms with Crippen molar-refractivity contribution >= 4 is 40.7 Å². The molecule has 0 saturated heterocycles. The van der Waals surface area contributed by atoms with Crippen molar-refractivity contribution in [2.24, 2.45) is 5.10 Å². The van der Waals surface area contributed by atoms with E-state index in [1.54, 1.807) is 25.1 Å². The zero-order valence-corrected chi connectivity index (χ0v) is 14.6. The topological polar surface area (TPSA) is 62.7 Å². The standard InChI is InChI=1S/C17H17Cl2N3O2/c1-2-24-17(23)16(20-11-12-6-4-3-5-7-12)22-21-15-9-8-13(18)10-14(15)19/h3-10,21H,2,11H2,1H3,(H,20,22). The third-order valence-corrected chi connectivity index (χ3v) is 3.54. The quantitative estimate of drug-likeness (QED) is 0.362. The van der Waals surface area contributed by atoms with Crippen LogP contribution in [0.2, 0.25) is 10.0 Å². The minimum absolute atomic E-state index is 0.0618. The van der Waals surface area contributed by atoms with Gasteiger partial charge >= 0.3 is 5.97 Å². The summed E-state index contributed by atoms with van der Waals surface area (Å²) in [5.41, 5.74) is 4.29. The van der Waals surface area contributed by atoms with E-state index >= 15 is 0 Å². The van der Waals surface area contributed by atoms with Crippen molar-refractivity contribution in [1.29, 1.82) is 0 Å². The average molecular weight is 366 g/mol. The number of amidine groups is 1. The number of hydrogen-bond donors (Lipinski definition) is 2. The molecule has 0 saturated carbocycles. The van der Waals surface area contributed by atoms with Gasteiger partial charge in [-0.05, 0) is 30.7 Å². The largest absolute Gasteiger partial charge is 0.460 e. The Balaban J connectivity index is 2.11.